The molecule has 0 bridgehead atoms. The topological polar surface area (TPSA) is 43.1 Å². The van der Waals surface area contributed by atoms with Crippen molar-refractivity contribution in [3.05, 3.63) is 41.5 Å². The maximum atomic E-state index is 11.0. The molecular weight excluding hydrogens is 186 g/mol. The Morgan fingerprint density at radius 3 is 2.93 bits per heavy atom. The summed E-state index contributed by atoms with van der Waals surface area (Å²) in [6.07, 6.45) is 5.49. The molecule has 80 valence electrons. The van der Waals surface area contributed by atoms with Crippen LogP contribution in [0.3, 0.4) is 0 Å². The highest BCUT2D eigenvalue weighted by Gasteiger charge is 1.97. The van der Waals surface area contributed by atoms with E-state index in [2.05, 4.69) is 0 Å². The zero-order valence-corrected chi connectivity index (χ0v) is 9.07. The lowest BCUT2D eigenvalue weighted by molar-refractivity contribution is -0.116. The second kappa shape index (κ2) is 6.14. The van der Waals surface area contributed by atoms with Crippen LogP contribution in [0.15, 0.2) is 30.3 Å². The number of benzene rings is 1. The van der Waals surface area contributed by atoms with Crippen LogP contribution in [-0.2, 0) is 11.2 Å². The van der Waals surface area contributed by atoms with Crippen LogP contribution < -0.4 is 5.73 Å². The molecule has 0 saturated carbocycles. The van der Waals surface area contributed by atoms with Crippen LogP contribution in [0.2, 0.25) is 0 Å². The Balaban J connectivity index is 2.69. The predicted molar refractivity (Wildman–Crippen MR) is 63.5 cm³/mol. The molecule has 0 aliphatic heterocycles. The minimum absolute atomic E-state index is 0.193. The minimum atomic E-state index is 0.193. The molecule has 2 N–H and O–H groups in total. The molecule has 0 aliphatic rings. The molecule has 2 heteroatoms. The fourth-order valence-corrected chi connectivity index (χ4v) is 1.41. The summed E-state index contributed by atoms with van der Waals surface area (Å²) in [6.45, 7) is 2.28. The largest absolute Gasteiger partial charge is 0.330 e. The van der Waals surface area contributed by atoms with Crippen LogP contribution >= 0.6 is 0 Å². The summed E-state index contributed by atoms with van der Waals surface area (Å²) < 4.78 is 0. The number of carbonyl (C=O) groups is 1. The summed E-state index contributed by atoms with van der Waals surface area (Å²) in [7, 11) is 0. The number of hydrogen-bond acceptors (Lipinski definition) is 2. The monoisotopic (exact) mass is 203 g/mol. The lowest BCUT2D eigenvalue weighted by Gasteiger charge is -1.99. The van der Waals surface area contributed by atoms with Gasteiger partial charge in [-0.25, -0.2) is 0 Å². The molecule has 0 atom stereocenters. The molecule has 1 rings (SSSR count). The molecule has 0 amide bonds. The first-order valence-corrected chi connectivity index (χ1v) is 5.17. The summed E-state index contributed by atoms with van der Waals surface area (Å²) in [5.41, 5.74) is 7.59. The lowest BCUT2D eigenvalue weighted by atomic mass is 10.1. The van der Waals surface area contributed by atoms with Crippen LogP contribution in [0.5, 0.6) is 0 Å². The summed E-state index contributed by atoms with van der Waals surface area (Å²) in [4.78, 5) is 11.0. The Hall–Kier alpha value is -1.41. The van der Waals surface area contributed by atoms with E-state index in [1.165, 1.54) is 0 Å². The van der Waals surface area contributed by atoms with Crippen molar-refractivity contribution < 1.29 is 4.79 Å². The number of ketones is 1. The number of carbonyl (C=O) groups excluding carboxylic acids is 1. The van der Waals surface area contributed by atoms with Gasteiger partial charge in [0.25, 0.3) is 0 Å². The standard InChI is InChI=1S/C13H17NO/c1-11(15)9-13-7-4-6-12(10-13)5-2-3-8-14/h2,4-7,10H,3,8-9,14H2,1H3. The van der Waals surface area contributed by atoms with Gasteiger partial charge in [-0.15, -0.1) is 0 Å². The molecule has 2 nitrogen and oxygen atoms in total. The molecule has 15 heavy (non-hydrogen) atoms. The molecule has 0 saturated heterocycles. The molecule has 0 aliphatic carbocycles. The number of rotatable bonds is 5. The van der Waals surface area contributed by atoms with Gasteiger partial charge in [-0.05, 0) is 31.0 Å². The first-order chi connectivity index (χ1) is 7.22. The Bertz CT molecular complexity index is 355. The summed E-state index contributed by atoms with van der Waals surface area (Å²) >= 11 is 0. The van der Waals surface area contributed by atoms with E-state index >= 15 is 0 Å². The van der Waals surface area contributed by atoms with E-state index < -0.39 is 0 Å². The molecule has 0 spiro atoms. The van der Waals surface area contributed by atoms with Gasteiger partial charge in [-0.3, -0.25) is 4.79 Å². The van der Waals surface area contributed by atoms with E-state index in [4.69, 9.17) is 5.73 Å². The molecule has 0 radical (unpaired) electrons. The van der Waals surface area contributed by atoms with Gasteiger partial charge >= 0.3 is 0 Å². The van der Waals surface area contributed by atoms with E-state index in [0.717, 1.165) is 17.5 Å². The van der Waals surface area contributed by atoms with Crippen molar-refractivity contribution >= 4 is 11.9 Å². The SMILES string of the molecule is CC(=O)Cc1cccc(C=CCCN)c1. The highest BCUT2D eigenvalue weighted by Crippen LogP contribution is 2.08. The Morgan fingerprint density at radius 2 is 2.27 bits per heavy atom. The second-order valence-electron chi connectivity index (χ2n) is 3.60. The van der Waals surface area contributed by atoms with Gasteiger partial charge in [-0.2, -0.15) is 0 Å². The Labute approximate surface area is 90.8 Å². The highest BCUT2D eigenvalue weighted by atomic mass is 16.1. The van der Waals surface area contributed by atoms with E-state index in [0.29, 0.717) is 13.0 Å². The predicted octanol–water partition coefficient (Wildman–Crippen LogP) is 2.18. The van der Waals surface area contributed by atoms with Crippen LogP contribution in [0, 0.1) is 0 Å². The number of Topliss-reactive ketones (excluding diaryl/α,β-unsaturated/α-hetero) is 1. The molecule has 0 aromatic heterocycles. The Kier molecular flexibility index (Phi) is 4.78. The summed E-state index contributed by atoms with van der Waals surface area (Å²) in [5.74, 6) is 0.193. The van der Waals surface area contributed by atoms with Gasteiger partial charge in [0, 0.05) is 6.42 Å². The highest BCUT2D eigenvalue weighted by molar-refractivity contribution is 5.78. The van der Waals surface area contributed by atoms with Gasteiger partial charge < -0.3 is 5.73 Å². The van der Waals surface area contributed by atoms with Crippen molar-refractivity contribution in [1.82, 2.24) is 0 Å². The van der Waals surface area contributed by atoms with Gasteiger partial charge in [-0.1, -0.05) is 36.4 Å². The maximum Gasteiger partial charge on any atom is 0.134 e. The molecule has 1 aromatic carbocycles. The average Bonchev–Trinajstić information content (AvgIpc) is 2.18. The zero-order chi connectivity index (χ0) is 11.1. The number of hydrogen-bond donors (Lipinski definition) is 1. The third-order valence-corrected chi connectivity index (χ3v) is 2.05. The van der Waals surface area contributed by atoms with Crippen molar-refractivity contribution in [3.8, 4) is 0 Å². The Morgan fingerprint density at radius 1 is 1.47 bits per heavy atom. The third kappa shape index (κ3) is 4.56. The summed E-state index contributed by atoms with van der Waals surface area (Å²) in [5, 5.41) is 0. The van der Waals surface area contributed by atoms with Gasteiger partial charge in [0.2, 0.25) is 0 Å². The minimum Gasteiger partial charge on any atom is -0.330 e. The molecule has 0 fully saturated rings. The van der Waals surface area contributed by atoms with Crippen LogP contribution in [0.4, 0.5) is 0 Å². The van der Waals surface area contributed by atoms with Crippen molar-refractivity contribution in [2.24, 2.45) is 5.73 Å². The van der Waals surface area contributed by atoms with Crippen molar-refractivity contribution in [1.29, 1.82) is 0 Å². The van der Waals surface area contributed by atoms with Crippen LogP contribution in [0.1, 0.15) is 24.5 Å². The van der Waals surface area contributed by atoms with Crippen molar-refractivity contribution in [2.75, 3.05) is 6.54 Å². The van der Waals surface area contributed by atoms with Gasteiger partial charge in [0.15, 0.2) is 0 Å². The number of nitrogens with two attached hydrogens (primary N) is 1. The molecular formula is C13H17NO. The van der Waals surface area contributed by atoms with E-state index in [1.54, 1.807) is 6.92 Å². The average molecular weight is 203 g/mol. The van der Waals surface area contributed by atoms with Crippen LogP contribution in [-0.4, -0.2) is 12.3 Å². The zero-order valence-electron chi connectivity index (χ0n) is 9.07. The van der Waals surface area contributed by atoms with E-state index in [1.807, 2.05) is 36.4 Å². The van der Waals surface area contributed by atoms with Crippen LogP contribution in [0.25, 0.3) is 6.08 Å². The van der Waals surface area contributed by atoms with Gasteiger partial charge in [0.05, 0.1) is 0 Å². The third-order valence-electron chi connectivity index (χ3n) is 2.05. The first-order valence-electron chi connectivity index (χ1n) is 5.17. The van der Waals surface area contributed by atoms with E-state index in [-0.39, 0.29) is 5.78 Å². The first kappa shape index (κ1) is 11.7. The van der Waals surface area contributed by atoms with Crippen molar-refractivity contribution in [3.63, 3.8) is 0 Å². The lowest BCUT2D eigenvalue weighted by Crippen LogP contribution is -1.96. The van der Waals surface area contributed by atoms with E-state index in [9.17, 15) is 4.79 Å². The fraction of sp³-hybridized carbons (Fsp3) is 0.308. The maximum absolute atomic E-state index is 11.0. The fourth-order valence-electron chi connectivity index (χ4n) is 1.41. The summed E-state index contributed by atoms with van der Waals surface area (Å²) in [6, 6.07) is 8.01. The second-order valence-corrected chi connectivity index (χ2v) is 3.60. The molecule has 1 aromatic rings. The quantitative estimate of drug-likeness (QED) is 0.797. The smallest absolute Gasteiger partial charge is 0.134 e. The van der Waals surface area contributed by atoms with Crippen molar-refractivity contribution in [2.45, 2.75) is 19.8 Å². The normalized spacial score (nSPS) is 10.8. The molecule has 0 unspecified atom stereocenters. The molecule has 0 heterocycles. The van der Waals surface area contributed by atoms with Gasteiger partial charge in [0.1, 0.15) is 5.78 Å².